The third-order valence-electron chi connectivity index (χ3n) is 5.98. The Morgan fingerprint density at radius 3 is 2.03 bits per heavy atom. The van der Waals surface area contributed by atoms with Gasteiger partial charge in [0.15, 0.2) is 0 Å². The van der Waals surface area contributed by atoms with Gasteiger partial charge < -0.3 is 20.3 Å². The highest BCUT2D eigenvalue weighted by Crippen LogP contribution is 2.31. The minimum absolute atomic E-state index is 0.350. The highest BCUT2D eigenvalue weighted by atomic mass is 16.6. The SMILES string of the molecule is Cc1ccc(C(C(=O)Nc2ccc3ccccc3c2)N(C(=O)C(C)NC(=O)OC(C)(C)C)C(C)(C)C)cc1. The fraction of sp³-hybridized carbons (Fsp3) is 0.387. The number of carbonyl (C=O) groups is 3. The minimum atomic E-state index is -0.947. The van der Waals surface area contributed by atoms with Gasteiger partial charge in [-0.15, -0.1) is 0 Å². The molecule has 0 fully saturated rings. The van der Waals surface area contributed by atoms with Crippen molar-refractivity contribution in [3.63, 3.8) is 0 Å². The Hall–Kier alpha value is -3.87. The molecule has 2 unspecified atom stereocenters. The van der Waals surface area contributed by atoms with Crippen LogP contribution in [0.25, 0.3) is 10.8 Å². The van der Waals surface area contributed by atoms with Crippen LogP contribution in [0.5, 0.6) is 0 Å². The van der Waals surface area contributed by atoms with Gasteiger partial charge in [-0.1, -0.05) is 60.2 Å². The summed E-state index contributed by atoms with van der Waals surface area (Å²) in [5, 5.41) is 7.71. The quantitative estimate of drug-likeness (QED) is 0.398. The summed E-state index contributed by atoms with van der Waals surface area (Å²) in [5.74, 6) is -0.750. The lowest BCUT2D eigenvalue weighted by atomic mass is 9.95. The van der Waals surface area contributed by atoms with E-state index in [-0.39, 0.29) is 5.91 Å². The number of hydrogen-bond acceptors (Lipinski definition) is 4. The fourth-order valence-electron chi connectivity index (χ4n) is 4.24. The molecule has 0 aliphatic rings. The number of nitrogens with zero attached hydrogens (tertiary/aromatic N) is 1. The number of hydrogen-bond donors (Lipinski definition) is 2. The van der Waals surface area contributed by atoms with Gasteiger partial charge in [-0.2, -0.15) is 0 Å². The zero-order valence-corrected chi connectivity index (χ0v) is 23.6. The number of benzene rings is 3. The van der Waals surface area contributed by atoms with Crippen LogP contribution in [-0.4, -0.2) is 40.0 Å². The molecule has 3 rings (SSSR count). The molecule has 0 bridgehead atoms. The molecule has 0 heterocycles. The van der Waals surface area contributed by atoms with E-state index in [0.717, 1.165) is 16.3 Å². The lowest BCUT2D eigenvalue weighted by molar-refractivity contribution is -0.146. The summed E-state index contributed by atoms with van der Waals surface area (Å²) >= 11 is 0. The molecule has 0 aromatic heterocycles. The largest absolute Gasteiger partial charge is 0.444 e. The van der Waals surface area contributed by atoms with Crippen molar-refractivity contribution in [1.29, 1.82) is 0 Å². The molecule has 3 amide bonds. The summed E-state index contributed by atoms with van der Waals surface area (Å²) in [6, 6.07) is 19.3. The molecular weight excluding hydrogens is 478 g/mol. The van der Waals surface area contributed by atoms with E-state index in [2.05, 4.69) is 10.6 Å². The maximum atomic E-state index is 13.9. The van der Waals surface area contributed by atoms with Crippen molar-refractivity contribution < 1.29 is 19.1 Å². The maximum Gasteiger partial charge on any atom is 0.408 e. The zero-order chi connectivity index (χ0) is 28.3. The lowest BCUT2D eigenvalue weighted by Crippen LogP contribution is -2.57. The van der Waals surface area contributed by atoms with Gasteiger partial charge in [0.2, 0.25) is 5.91 Å². The normalized spacial score (nSPS) is 13.4. The summed E-state index contributed by atoms with van der Waals surface area (Å²) in [5.41, 5.74) is 0.877. The van der Waals surface area contributed by atoms with Crippen molar-refractivity contribution in [3.8, 4) is 0 Å². The number of alkyl carbamates (subject to hydrolysis) is 1. The number of ether oxygens (including phenoxy) is 1. The number of amides is 3. The van der Waals surface area contributed by atoms with Gasteiger partial charge in [-0.05, 0) is 83.9 Å². The molecule has 0 aliphatic carbocycles. The highest BCUT2D eigenvalue weighted by Gasteiger charge is 2.40. The average molecular weight is 518 g/mol. The van der Waals surface area contributed by atoms with E-state index in [9.17, 15) is 14.4 Å². The molecule has 0 aliphatic heterocycles. The Labute approximate surface area is 225 Å². The predicted molar refractivity (Wildman–Crippen MR) is 152 cm³/mol. The third kappa shape index (κ3) is 7.34. The van der Waals surface area contributed by atoms with Crippen LogP contribution in [0, 0.1) is 6.92 Å². The number of rotatable bonds is 6. The molecule has 3 aromatic rings. The van der Waals surface area contributed by atoms with E-state index in [1.165, 1.54) is 4.90 Å². The Kier molecular flexibility index (Phi) is 8.50. The molecule has 0 radical (unpaired) electrons. The van der Waals surface area contributed by atoms with Crippen LogP contribution >= 0.6 is 0 Å². The summed E-state index contributed by atoms with van der Waals surface area (Å²) < 4.78 is 5.34. The second-order valence-corrected chi connectivity index (χ2v) is 11.6. The second-order valence-electron chi connectivity index (χ2n) is 11.6. The summed E-state index contributed by atoms with van der Waals surface area (Å²) in [6.45, 7) is 14.4. The number of anilines is 1. The summed E-state index contributed by atoms with van der Waals surface area (Å²) in [7, 11) is 0. The molecule has 38 heavy (non-hydrogen) atoms. The summed E-state index contributed by atoms with van der Waals surface area (Å²) in [4.78, 5) is 41.8. The molecule has 0 spiro atoms. The molecule has 0 saturated carbocycles. The van der Waals surface area contributed by atoms with E-state index >= 15 is 0 Å². The second kappa shape index (κ2) is 11.3. The van der Waals surface area contributed by atoms with E-state index < -0.39 is 35.2 Å². The number of nitrogens with one attached hydrogen (secondary N) is 2. The fourth-order valence-corrected chi connectivity index (χ4v) is 4.24. The Morgan fingerprint density at radius 1 is 0.842 bits per heavy atom. The molecule has 202 valence electrons. The van der Waals surface area contributed by atoms with E-state index in [1.807, 2.05) is 94.4 Å². The molecule has 7 nitrogen and oxygen atoms in total. The first-order valence-electron chi connectivity index (χ1n) is 12.8. The van der Waals surface area contributed by atoms with Crippen LogP contribution < -0.4 is 10.6 Å². The monoisotopic (exact) mass is 517 g/mol. The van der Waals surface area contributed by atoms with Gasteiger partial charge >= 0.3 is 6.09 Å². The zero-order valence-electron chi connectivity index (χ0n) is 23.6. The van der Waals surface area contributed by atoms with Crippen molar-refractivity contribution in [2.45, 2.75) is 78.6 Å². The van der Waals surface area contributed by atoms with E-state index in [0.29, 0.717) is 11.3 Å². The van der Waals surface area contributed by atoms with Crippen molar-refractivity contribution in [2.75, 3.05) is 5.32 Å². The van der Waals surface area contributed by atoms with Gasteiger partial charge in [0.1, 0.15) is 17.7 Å². The first kappa shape index (κ1) is 28.7. The van der Waals surface area contributed by atoms with Crippen molar-refractivity contribution in [2.24, 2.45) is 0 Å². The van der Waals surface area contributed by atoms with Gasteiger partial charge in [-0.25, -0.2) is 4.79 Å². The molecule has 7 heteroatoms. The van der Waals surface area contributed by atoms with E-state index in [1.54, 1.807) is 27.7 Å². The van der Waals surface area contributed by atoms with Gasteiger partial charge in [-0.3, -0.25) is 9.59 Å². The number of aryl methyl sites for hydroxylation is 1. The number of fused-ring (bicyclic) bond motifs is 1. The van der Waals surface area contributed by atoms with E-state index in [4.69, 9.17) is 4.74 Å². The van der Waals surface area contributed by atoms with Gasteiger partial charge in [0.05, 0.1) is 0 Å². The minimum Gasteiger partial charge on any atom is -0.444 e. The van der Waals surface area contributed by atoms with Crippen LogP contribution in [0.3, 0.4) is 0 Å². The Balaban J connectivity index is 1.98. The van der Waals surface area contributed by atoms with Gasteiger partial charge in [0.25, 0.3) is 5.91 Å². The summed E-state index contributed by atoms with van der Waals surface area (Å²) in [6.07, 6.45) is -0.695. The first-order valence-corrected chi connectivity index (χ1v) is 12.8. The topological polar surface area (TPSA) is 87.7 Å². The number of carbonyl (C=O) groups excluding carboxylic acids is 3. The standard InChI is InChI=1S/C31H39N3O4/c1-20-13-15-23(16-14-20)26(27(35)33-25-18-17-22-11-9-10-12-24(22)19-25)34(30(3,4)5)28(36)21(2)32-29(37)38-31(6,7)8/h9-19,21,26H,1-8H3,(H,32,37)(H,33,35). The third-order valence-corrected chi connectivity index (χ3v) is 5.98. The van der Waals surface area contributed by atoms with Gasteiger partial charge in [0, 0.05) is 11.2 Å². The molecule has 2 N–H and O–H groups in total. The lowest BCUT2D eigenvalue weighted by Gasteiger charge is -2.42. The van der Waals surface area contributed by atoms with Crippen LogP contribution in [-0.2, 0) is 14.3 Å². The smallest absolute Gasteiger partial charge is 0.408 e. The maximum absolute atomic E-state index is 13.9. The van der Waals surface area contributed by atoms with Crippen LogP contribution in [0.4, 0.5) is 10.5 Å². The predicted octanol–water partition coefficient (Wildman–Crippen LogP) is 6.37. The molecule has 0 saturated heterocycles. The Bertz CT molecular complexity index is 1300. The Morgan fingerprint density at radius 2 is 1.45 bits per heavy atom. The van der Waals surface area contributed by atoms with Crippen molar-refractivity contribution in [1.82, 2.24) is 10.2 Å². The first-order chi connectivity index (χ1) is 17.7. The molecular formula is C31H39N3O4. The van der Waals surface area contributed by atoms with Crippen LogP contribution in [0.1, 0.15) is 65.6 Å². The molecule has 3 aromatic carbocycles. The van der Waals surface area contributed by atoms with Crippen LogP contribution in [0.15, 0.2) is 66.7 Å². The van der Waals surface area contributed by atoms with Crippen molar-refractivity contribution in [3.05, 3.63) is 77.9 Å². The van der Waals surface area contributed by atoms with Crippen molar-refractivity contribution >= 4 is 34.4 Å². The molecule has 2 atom stereocenters. The van der Waals surface area contributed by atoms with Crippen LogP contribution in [0.2, 0.25) is 0 Å². The average Bonchev–Trinajstić information content (AvgIpc) is 2.80. The highest BCUT2D eigenvalue weighted by molar-refractivity contribution is 6.00.